The molecule has 11 heteroatoms. The Hall–Kier alpha value is -1.97. The van der Waals surface area contributed by atoms with Gasteiger partial charge in [0.15, 0.2) is 4.80 Å². The van der Waals surface area contributed by atoms with Crippen LogP contribution in [0.4, 0.5) is 5.69 Å². The molecule has 1 amide bonds. The maximum atomic E-state index is 12.7. The number of carbonyl (C=O) groups excluding carboxylic acids is 1. The summed E-state index contributed by atoms with van der Waals surface area (Å²) in [5, 5.41) is 11.9. The molecule has 7 nitrogen and oxygen atoms in total. The lowest BCUT2D eigenvalue weighted by atomic mass is 10.2. The van der Waals surface area contributed by atoms with Gasteiger partial charge in [0.05, 0.1) is 37.4 Å². The molecule has 0 fully saturated rings. The predicted octanol–water partition coefficient (Wildman–Crippen LogP) is 4.96. The maximum Gasteiger partial charge on any atom is 0.281 e. The lowest BCUT2D eigenvalue weighted by Gasteiger charge is -2.06. The summed E-state index contributed by atoms with van der Waals surface area (Å²) in [6.07, 6.45) is 0. The number of hydrogen-bond donors (Lipinski definition) is 0. The van der Waals surface area contributed by atoms with Crippen molar-refractivity contribution in [3.05, 3.63) is 65.9 Å². The van der Waals surface area contributed by atoms with Crippen LogP contribution in [0.5, 0.6) is 0 Å². The van der Waals surface area contributed by atoms with Crippen molar-refractivity contribution < 1.29 is 14.5 Å². The van der Waals surface area contributed by atoms with E-state index >= 15 is 0 Å². The average Bonchev–Trinajstić information content (AvgIpc) is 2.96. The second kappa shape index (κ2) is 8.59. The molecule has 0 N–H and O–H groups in total. The molecule has 0 saturated heterocycles. The third-order valence-electron chi connectivity index (χ3n) is 3.80. The van der Waals surface area contributed by atoms with Gasteiger partial charge in [-0.3, -0.25) is 14.9 Å². The van der Waals surface area contributed by atoms with Crippen molar-refractivity contribution >= 4 is 68.0 Å². The Kier molecular flexibility index (Phi) is 6.36. The zero-order valence-corrected chi connectivity index (χ0v) is 17.4. The number of thiazole rings is 1. The Labute approximate surface area is 177 Å². The van der Waals surface area contributed by atoms with Crippen LogP contribution in [0.1, 0.15) is 10.4 Å². The van der Waals surface area contributed by atoms with Crippen LogP contribution in [0, 0.1) is 10.1 Å². The average molecular weight is 461 g/mol. The first-order chi connectivity index (χ1) is 13.3. The molecule has 0 aliphatic rings. The first-order valence-electron chi connectivity index (χ1n) is 7.82. The van der Waals surface area contributed by atoms with E-state index in [0.717, 1.165) is 10.8 Å². The Bertz CT molecular complexity index is 1160. The van der Waals surface area contributed by atoms with Crippen LogP contribution in [-0.2, 0) is 11.3 Å². The van der Waals surface area contributed by atoms with Crippen molar-refractivity contribution in [1.82, 2.24) is 4.57 Å². The number of methoxy groups -OCH3 is 1. The summed E-state index contributed by atoms with van der Waals surface area (Å²) in [5.74, 6) is -0.700. The zero-order chi connectivity index (χ0) is 20.4. The van der Waals surface area contributed by atoms with Gasteiger partial charge in [-0.15, -0.1) is 0 Å². The van der Waals surface area contributed by atoms with E-state index in [0.29, 0.717) is 33.5 Å². The van der Waals surface area contributed by atoms with Gasteiger partial charge in [0.1, 0.15) is 0 Å². The molecule has 0 aliphatic heterocycles. The number of amides is 1. The predicted molar refractivity (Wildman–Crippen MR) is 110 cm³/mol. The molecule has 3 aromatic rings. The number of aromatic nitrogens is 1. The zero-order valence-electron chi connectivity index (χ0n) is 14.3. The summed E-state index contributed by atoms with van der Waals surface area (Å²) in [5.41, 5.74) is 0.363. The molecule has 0 saturated carbocycles. The fourth-order valence-corrected chi connectivity index (χ4v) is 4.58. The van der Waals surface area contributed by atoms with Gasteiger partial charge in [0.25, 0.3) is 11.6 Å². The van der Waals surface area contributed by atoms with Crippen LogP contribution in [0.15, 0.2) is 35.3 Å². The van der Waals surface area contributed by atoms with E-state index in [2.05, 4.69) is 4.99 Å². The van der Waals surface area contributed by atoms with E-state index in [1.807, 2.05) is 0 Å². The summed E-state index contributed by atoms with van der Waals surface area (Å²) < 4.78 is 7.61. The molecule has 0 atom stereocenters. The third kappa shape index (κ3) is 4.21. The number of non-ortho nitro benzene ring substituents is 1. The molecule has 0 aliphatic carbocycles. The highest BCUT2D eigenvalue weighted by Crippen LogP contribution is 2.30. The molecule has 0 bridgehead atoms. The summed E-state index contributed by atoms with van der Waals surface area (Å²) in [7, 11) is 1.55. The van der Waals surface area contributed by atoms with Crippen molar-refractivity contribution in [2.24, 2.45) is 4.99 Å². The Morgan fingerprint density at radius 2 is 2.00 bits per heavy atom. The van der Waals surface area contributed by atoms with Gasteiger partial charge in [-0.2, -0.15) is 4.99 Å². The Morgan fingerprint density at radius 3 is 2.68 bits per heavy atom. The SMILES string of the molecule is COCCn1c(=NC(=O)c2cc([N+](=O)[O-])ccc2Cl)sc2cc(Cl)cc(Cl)c21. The van der Waals surface area contributed by atoms with Crippen molar-refractivity contribution in [1.29, 1.82) is 0 Å². The van der Waals surface area contributed by atoms with E-state index in [9.17, 15) is 14.9 Å². The van der Waals surface area contributed by atoms with Crippen molar-refractivity contribution in [3.63, 3.8) is 0 Å². The molecule has 1 heterocycles. The minimum Gasteiger partial charge on any atom is -0.383 e. The molecule has 0 unspecified atom stereocenters. The van der Waals surface area contributed by atoms with Gasteiger partial charge in [0.2, 0.25) is 0 Å². The van der Waals surface area contributed by atoms with Crippen molar-refractivity contribution in [2.45, 2.75) is 6.54 Å². The summed E-state index contributed by atoms with van der Waals surface area (Å²) in [6, 6.07) is 6.94. The normalized spacial score (nSPS) is 11.9. The molecule has 28 heavy (non-hydrogen) atoms. The minimum absolute atomic E-state index is 0.0595. The van der Waals surface area contributed by atoms with E-state index < -0.39 is 10.8 Å². The lowest BCUT2D eigenvalue weighted by molar-refractivity contribution is -0.384. The van der Waals surface area contributed by atoms with Gasteiger partial charge in [-0.25, -0.2) is 0 Å². The first kappa shape index (κ1) is 20.8. The number of rotatable bonds is 5. The second-order valence-corrected chi connectivity index (χ2v) is 7.86. The Balaban J connectivity index is 2.18. The highest BCUT2D eigenvalue weighted by atomic mass is 35.5. The number of ether oxygens (including phenoxy) is 1. The quantitative estimate of drug-likeness (QED) is 0.398. The van der Waals surface area contributed by atoms with E-state index in [1.165, 1.54) is 23.5 Å². The van der Waals surface area contributed by atoms with Crippen LogP contribution in [0.2, 0.25) is 15.1 Å². The number of nitrogens with zero attached hydrogens (tertiary/aromatic N) is 3. The van der Waals surface area contributed by atoms with Crippen LogP contribution in [0.3, 0.4) is 0 Å². The lowest BCUT2D eigenvalue weighted by Crippen LogP contribution is -2.19. The number of fused-ring (bicyclic) bond motifs is 1. The summed E-state index contributed by atoms with van der Waals surface area (Å²) in [6.45, 7) is 0.760. The highest BCUT2D eigenvalue weighted by molar-refractivity contribution is 7.16. The standard InChI is InChI=1S/C17H12Cl3N3O4S/c1-27-5-4-22-15-13(20)6-9(18)7-14(15)28-17(22)21-16(24)11-8-10(23(25)26)2-3-12(11)19/h2-3,6-8H,4-5H2,1H3. The van der Waals surface area contributed by atoms with Crippen LogP contribution >= 0.6 is 46.1 Å². The number of nitro groups is 1. The van der Waals surface area contributed by atoms with Gasteiger partial charge in [0, 0.05) is 30.8 Å². The van der Waals surface area contributed by atoms with Crippen LogP contribution < -0.4 is 4.80 Å². The van der Waals surface area contributed by atoms with E-state index in [4.69, 9.17) is 39.5 Å². The molecule has 146 valence electrons. The second-order valence-electron chi connectivity index (χ2n) is 5.60. The molecule has 0 radical (unpaired) electrons. The summed E-state index contributed by atoms with van der Waals surface area (Å²) in [4.78, 5) is 27.6. The minimum atomic E-state index is -0.700. The van der Waals surface area contributed by atoms with Gasteiger partial charge < -0.3 is 9.30 Å². The molecular weight excluding hydrogens is 449 g/mol. The van der Waals surface area contributed by atoms with Crippen LogP contribution in [-0.4, -0.2) is 29.1 Å². The fourth-order valence-electron chi connectivity index (χ4n) is 2.54. The maximum absolute atomic E-state index is 12.7. The first-order valence-corrected chi connectivity index (χ1v) is 9.77. The van der Waals surface area contributed by atoms with Gasteiger partial charge in [-0.05, 0) is 18.2 Å². The number of carbonyl (C=O) groups is 1. The largest absolute Gasteiger partial charge is 0.383 e. The van der Waals surface area contributed by atoms with Crippen molar-refractivity contribution in [3.8, 4) is 0 Å². The fraction of sp³-hybridized carbons (Fsp3) is 0.176. The van der Waals surface area contributed by atoms with Crippen LogP contribution in [0.25, 0.3) is 10.2 Å². The molecule has 3 rings (SSSR count). The molecule has 2 aromatic carbocycles. The highest BCUT2D eigenvalue weighted by Gasteiger charge is 2.17. The third-order valence-corrected chi connectivity index (χ3v) is 5.66. The number of benzene rings is 2. The smallest absolute Gasteiger partial charge is 0.281 e. The molecular formula is C17H12Cl3N3O4S. The van der Waals surface area contributed by atoms with E-state index in [-0.39, 0.29) is 16.3 Å². The molecule has 0 spiro atoms. The number of nitro benzene ring substituents is 1. The monoisotopic (exact) mass is 459 g/mol. The van der Waals surface area contributed by atoms with Gasteiger partial charge >= 0.3 is 0 Å². The number of halogens is 3. The summed E-state index contributed by atoms with van der Waals surface area (Å²) >= 11 is 19.7. The topological polar surface area (TPSA) is 86.7 Å². The molecule has 1 aromatic heterocycles. The van der Waals surface area contributed by atoms with Crippen molar-refractivity contribution in [2.75, 3.05) is 13.7 Å². The number of hydrogen-bond acceptors (Lipinski definition) is 5. The van der Waals surface area contributed by atoms with E-state index in [1.54, 1.807) is 23.8 Å². The Morgan fingerprint density at radius 1 is 1.25 bits per heavy atom. The van der Waals surface area contributed by atoms with Gasteiger partial charge in [-0.1, -0.05) is 46.1 Å².